The van der Waals surface area contributed by atoms with Crippen molar-refractivity contribution in [1.29, 1.82) is 5.26 Å². The minimum absolute atomic E-state index is 0.223. The summed E-state index contributed by atoms with van der Waals surface area (Å²) in [5.74, 6) is 0.980. The highest BCUT2D eigenvalue weighted by molar-refractivity contribution is 6.58. The molecule has 0 atom stereocenters. The summed E-state index contributed by atoms with van der Waals surface area (Å²) in [6, 6.07) is 21.7. The maximum atomic E-state index is 13.3. The molecule has 1 aliphatic heterocycles. The van der Waals surface area contributed by atoms with Gasteiger partial charge >= 0.3 is 0 Å². The fourth-order valence-corrected chi connectivity index (χ4v) is 4.16. The number of nitrogens with two attached hydrogens (primary N) is 1. The maximum Gasteiger partial charge on any atom is 0.272 e. The van der Waals surface area contributed by atoms with Crippen LogP contribution in [0.25, 0.3) is 11.3 Å². The predicted molar refractivity (Wildman–Crippen MR) is 146 cm³/mol. The number of carbonyl (C=O) groups is 1. The van der Waals surface area contributed by atoms with E-state index in [0.29, 0.717) is 54.9 Å². The second-order valence-electron chi connectivity index (χ2n) is 9.16. The molecule has 0 saturated heterocycles. The molecule has 37 heavy (non-hydrogen) atoms. The Morgan fingerprint density at radius 1 is 1.05 bits per heavy atom. The van der Waals surface area contributed by atoms with Gasteiger partial charge in [0.05, 0.1) is 19.0 Å². The topological polar surface area (TPSA) is 105 Å². The molecule has 0 bridgehead atoms. The van der Waals surface area contributed by atoms with Gasteiger partial charge < -0.3 is 15.4 Å². The zero-order valence-corrected chi connectivity index (χ0v) is 21.2. The van der Waals surface area contributed by atoms with E-state index in [-0.39, 0.29) is 12.3 Å². The second kappa shape index (κ2) is 12.0. The van der Waals surface area contributed by atoms with Crippen LogP contribution < -0.4 is 10.5 Å². The van der Waals surface area contributed by atoms with Crippen LogP contribution >= 0.6 is 0 Å². The Morgan fingerprint density at radius 2 is 1.76 bits per heavy atom. The van der Waals surface area contributed by atoms with Crippen molar-refractivity contribution in [2.45, 2.75) is 32.8 Å². The Hall–Kier alpha value is -4.44. The molecular weight excluding hydrogens is 462 g/mol. The largest absolute Gasteiger partial charge is 0.489 e. The number of nitrogens with zero attached hydrogens (tertiary/aromatic N) is 4. The summed E-state index contributed by atoms with van der Waals surface area (Å²) in [5, 5.41) is 8.98. The van der Waals surface area contributed by atoms with Gasteiger partial charge in [0.15, 0.2) is 0 Å². The third kappa shape index (κ3) is 6.22. The van der Waals surface area contributed by atoms with Gasteiger partial charge in [0.2, 0.25) is 0 Å². The lowest BCUT2D eigenvalue weighted by Crippen LogP contribution is -2.43. The lowest BCUT2D eigenvalue weighted by molar-refractivity contribution is -0.124. The van der Waals surface area contributed by atoms with Crippen LogP contribution in [0, 0.1) is 11.3 Å². The Labute approximate surface area is 217 Å². The summed E-state index contributed by atoms with van der Waals surface area (Å²) in [7, 11) is 0. The number of ether oxygens (including phenoxy) is 1. The molecule has 1 aromatic heterocycles. The quantitative estimate of drug-likeness (QED) is 0.461. The Bertz CT molecular complexity index is 1320. The molecular formula is C30H31N5O2. The van der Waals surface area contributed by atoms with Gasteiger partial charge in [-0.2, -0.15) is 5.26 Å². The van der Waals surface area contributed by atoms with Gasteiger partial charge in [-0.15, -0.1) is 0 Å². The number of hydrogen-bond donors (Lipinski definition) is 1. The molecule has 0 radical (unpaired) electrons. The Morgan fingerprint density at radius 3 is 2.41 bits per heavy atom. The first-order valence-corrected chi connectivity index (χ1v) is 12.4. The van der Waals surface area contributed by atoms with Crippen LogP contribution in [0.2, 0.25) is 0 Å². The average molecular weight is 494 g/mol. The van der Waals surface area contributed by atoms with Crippen molar-refractivity contribution in [2.24, 2.45) is 10.7 Å². The van der Waals surface area contributed by atoms with Gasteiger partial charge in [-0.3, -0.25) is 14.8 Å². The smallest absolute Gasteiger partial charge is 0.272 e. The van der Waals surface area contributed by atoms with E-state index < -0.39 is 0 Å². The van der Waals surface area contributed by atoms with Gasteiger partial charge in [0.25, 0.3) is 5.91 Å². The lowest BCUT2D eigenvalue weighted by atomic mass is 9.94. The number of pyridine rings is 1. The molecule has 7 nitrogen and oxygen atoms in total. The zero-order valence-electron chi connectivity index (χ0n) is 21.2. The third-order valence-electron chi connectivity index (χ3n) is 6.32. The number of aliphatic imine (C=N–C) groups is 1. The normalized spacial score (nSPS) is 14.2. The molecule has 1 aliphatic rings. The van der Waals surface area contributed by atoms with Crippen molar-refractivity contribution in [1.82, 2.24) is 9.88 Å². The highest BCUT2D eigenvalue weighted by Gasteiger charge is 2.28. The average Bonchev–Trinajstić information content (AvgIpc) is 2.93. The van der Waals surface area contributed by atoms with Gasteiger partial charge in [-0.1, -0.05) is 50.2 Å². The van der Waals surface area contributed by atoms with E-state index in [1.807, 2.05) is 24.3 Å². The lowest BCUT2D eigenvalue weighted by Gasteiger charge is -2.27. The molecule has 188 valence electrons. The molecule has 2 heterocycles. The Kier molecular flexibility index (Phi) is 8.32. The molecule has 3 aromatic rings. The highest BCUT2D eigenvalue weighted by atomic mass is 16.5. The number of rotatable bonds is 9. The summed E-state index contributed by atoms with van der Waals surface area (Å²) in [4.78, 5) is 23.6. The maximum absolute atomic E-state index is 13.3. The molecule has 2 N–H and O–H groups in total. The van der Waals surface area contributed by atoms with Crippen LogP contribution in [0.4, 0.5) is 0 Å². The molecule has 2 aromatic carbocycles. The van der Waals surface area contributed by atoms with Crippen molar-refractivity contribution in [2.75, 3.05) is 19.6 Å². The summed E-state index contributed by atoms with van der Waals surface area (Å²) < 4.78 is 6.01. The Balaban J connectivity index is 1.60. The van der Waals surface area contributed by atoms with E-state index >= 15 is 0 Å². The summed E-state index contributed by atoms with van der Waals surface area (Å²) in [6.45, 7) is 6.11. The molecule has 7 heteroatoms. The zero-order chi connectivity index (χ0) is 26.2. The van der Waals surface area contributed by atoms with Crippen molar-refractivity contribution in [3.63, 3.8) is 0 Å². The van der Waals surface area contributed by atoms with Gasteiger partial charge in [0.1, 0.15) is 18.1 Å². The fraction of sp³-hybridized carbons (Fsp3) is 0.267. The van der Waals surface area contributed by atoms with Crippen molar-refractivity contribution in [3.8, 4) is 11.8 Å². The summed E-state index contributed by atoms with van der Waals surface area (Å²) in [5.41, 5.74) is 11.8. The van der Waals surface area contributed by atoms with E-state index in [1.54, 1.807) is 29.4 Å². The third-order valence-corrected chi connectivity index (χ3v) is 6.32. The van der Waals surface area contributed by atoms with E-state index in [0.717, 1.165) is 16.7 Å². The first kappa shape index (κ1) is 25.6. The number of carbonyl (C=O) groups excluding carboxylic acids is 1. The summed E-state index contributed by atoms with van der Waals surface area (Å²) in [6.07, 6.45) is 3.59. The van der Waals surface area contributed by atoms with Gasteiger partial charge in [-0.05, 0) is 46.9 Å². The van der Waals surface area contributed by atoms with Gasteiger partial charge in [-0.25, -0.2) is 0 Å². The standard InChI is InChI=1S/C30H31N5O2/c1-21(2)23-6-4-22(5-7-23)20-37-26-10-8-24(9-11-26)27(28(32)25-12-15-33-16-13-25)29-30(36)35(18-3-14-31)19-17-34-29/h4-13,15-16,21H,3,17-20,32H2,1-2H3. The first-order chi connectivity index (χ1) is 18.0. The van der Waals surface area contributed by atoms with Crippen LogP contribution in [0.3, 0.4) is 0 Å². The molecule has 1 amide bonds. The van der Waals surface area contributed by atoms with E-state index in [1.165, 1.54) is 5.56 Å². The van der Waals surface area contributed by atoms with E-state index in [9.17, 15) is 4.79 Å². The van der Waals surface area contributed by atoms with Crippen molar-refractivity contribution < 1.29 is 9.53 Å². The monoisotopic (exact) mass is 493 g/mol. The molecule has 0 spiro atoms. The highest BCUT2D eigenvalue weighted by Crippen LogP contribution is 2.28. The second-order valence-corrected chi connectivity index (χ2v) is 9.16. The number of aromatic nitrogens is 1. The number of amides is 1. The minimum Gasteiger partial charge on any atom is -0.489 e. The molecule has 0 saturated carbocycles. The van der Waals surface area contributed by atoms with Crippen LogP contribution in [0.5, 0.6) is 5.75 Å². The van der Waals surface area contributed by atoms with Crippen molar-refractivity contribution in [3.05, 3.63) is 95.3 Å². The number of hydrogen-bond acceptors (Lipinski definition) is 6. The van der Waals surface area contributed by atoms with Crippen molar-refractivity contribution >= 4 is 22.9 Å². The molecule has 0 unspecified atom stereocenters. The predicted octanol–water partition coefficient (Wildman–Crippen LogP) is 4.81. The van der Waals surface area contributed by atoms with Crippen LogP contribution in [0.1, 0.15) is 48.4 Å². The van der Waals surface area contributed by atoms with Crippen LogP contribution in [0.15, 0.2) is 78.0 Å². The fourth-order valence-electron chi connectivity index (χ4n) is 4.16. The summed E-state index contributed by atoms with van der Waals surface area (Å²) >= 11 is 0. The molecule has 0 aliphatic carbocycles. The number of nitriles is 1. The molecule has 4 rings (SSSR count). The van der Waals surface area contributed by atoms with E-state index in [2.05, 4.69) is 54.2 Å². The SMILES string of the molecule is CC(C)c1ccc(COc2ccc(C(C3=NCCN(CCC#N)C3=O)=C(N)c3ccncc3)cc2)cc1. The van der Waals surface area contributed by atoms with E-state index in [4.69, 9.17) is 15.7 Å². The van der Waals surface area contributed by atoms with Gasteiger partial charge in [0, 0.05) is 42.3 Å². The minimum atomic E-state index is -0.223. The van der Waals surface area contributed by atoms with Crippen LogP contribution in [-0.4, -0.2) is 41.1 Å². The molecule has 0 fully saturated rings. The number of benzene rings is 2. The first-order valence-electron chi connectivity index (χ1n) is 12.4. The van der Waals surface area contributed by atoms with Crippen LogP contribution in [-0.2, 0) is 11.4 Å².